The summed E-state index contributed by atoms with van der Waals surface area (Å²) in [6, 6.07) is 7.60. The van der Waals surface area contributed by atoms with Crippen LogP contribution in [-0.2, 0) is 7.05 Å². The first-order valence-corrected chi connectivity index (χ1v) is 7.68. The van der Waals surface area contributed by atoms with Gasteiger partial charge in [-0.05, 0) is 18.6 Å². The molecular weight excluding hydrogens is 272 g/mol. The quantitative estimate of drug-likeness (QED) is 0.546. The lowest BCUT2D eigenvalue weighted by molar-refractivity contribution is 0.852. The van der Waals surface area contributed by atoms with Crippen molar-refractivity contribution >= 4 is 28.4 Å². The Hall–Kier alpha value is -1.82. The molecule has 1 aromatic carbocycles. The molecule has 3 rings (SSSR count). The van der Waals surface area contributed by atoms with E-state index in [1.165, 1.54) is 0 Å². The highest BCUT2D eigenvalue weighted by atomic mass is 32.2. The average molecular weight is 288 g/mol. The van der Waals surface area contributed by atoms with E-state index in [9.17, 15) is 4.79 Å². The van der Waals surface area contributed by atoms with Crippen molar-refractivity contribution < 1.29 is 0 Å². The van der Waals surface area contributed by atoms with Gasteiger partial charge in [0.1, 0.15) is 0 Å². The summed E-state index contributed by atoms with van der Waals surface area (Å²) in [5.41, 5.74) is 0.834. The first-order chi connectivity index (χ1) is 9.74. The van der Waals surface area contributed by atoms with E-state index in [4.69, 9.17) is 0 Å². The normalized spacial score (nSPS) is 11.5. The van der Waals surface area contributed by atoms with Crippen LogP contribution in [0.2, 0.25) is 0 Å². The van der Waals surface area contributed by atoms with Crippen LogP contribution in [0.15, 0.2) is 34.2 Å². The van der Waals surface area contributed by atoms with E-state index in [0.29, 0.717) is 11.2 Å². The number of rotatable bonds is 4. The van der Waals surface area contributed by atoms with Crippen LogP contribution >= 0.6 is 11.8 Å². The lowest BCUT2D eigenvalue weighted by Crippen LogP contribution is -2.20. The van der Waals surface area contributed by atoms with Crippen molar-refractivity contribution in [2.45, 2.75) is 24.9 Å². The van der Waals surface area contributed by atoms with Gasteiger partial charge in [-0.3, -0.25) is 13.8 Å². The Morgan fingerprint density at radius 1 is 1.25 bits per heavy atom. The Kier molecular flexibility index (Phi) is 3.48. The van der Waals surface area contributed by atoms with Crippen LogP contribution in [-0.4, -0.2) is 24.9 Å². The predicted molar refractivity (Wildman–Crippen MR) is 81.4 cm³/mol. The van der Waals surface area contributed by atoms with Gasteiger partial charge in [0.15, 0.2) is 5.16 Å². The van der Waals surface area contributed by atoms with Crippen LogP contribution in [0.5, 0.6) is 0 Å². The molecule has 0 aliphatic heterocycles. The van der Waals surface area contributed by atoms with Crippen LogP contribution < -0.4 is 5.56 Å². The summed E-state index contributed by atoms with van der Waals surface area (Å²) in [6.07, 6.45) is 2.30. The molecule has 0 amide bonds. The standard InChI is InChI=1S/C14H16N4OS/c1-3-4-9-20-14-16-15-13-17(2)12(19)10-7-5-6-8-11(10)18(13)14/h5-8H,3-4,9H2,1-2H3. The van der Waals surface area contributed by atoms with Gasteiger partial charge in [0.05, 0.1) is 10.9 Å². The lowest BCUT2D eigenvalue weighted by Gasteiger charge is -2.07. The largest absolute Gasteiger partial charge is 0.279 e. The second kappa shape index (κ2) is 5.28. The molecule has 20 heavy (non-hydrogen) atoms. The molecule has 0 radical (unpaired) electrons. The third-order valence-electron chi connectivity index (χ3n) is 3.33. The van der Waals surface area contributed by atoms with Crippen LogP contribution in [0.4, 0.5) is 0 Å². The highest BCUT2D eigenvalue weighted by molar-refractivity contribution is 7.99. The molecule has 0 aliphatic rings. The molecule has 6 heteroatoms. The monoisotopic (exact) mass is 288 g/mol. The Bertz CT molecular complexity index is 821. The second-order valence-electron chi connectivity index (χ2n) is 4.70. The van der Waals surface area contributed by atoms with Crippen LogP contribution in [0, 0.1) is 0 Å². The van der Waals surface area contributed by atoms with Gasteiger partial charge >= 0.3 is 0 Å². The van der Waals surface area contributed by atoms with Crippen LogP contribution in [0.1, 0.15) is 19.8 Å². The number of aryl methyl sites for hydroxylation is 1. The molecule has 0 atom stereocenters. The number of fused-ring (bicyclic) bond motifs is 3. The van der Waals surface area contributed by atoms with Crippen molar-refractivity contribution in [1.29, 1.82) is 0 Å². The maximum atomic E-state index is 12.3. The molecule has 104 valence electrons. The SMILES string of the molecule is CCCCSc1nnc2n(C)c(=O)c3ccccc3n12. The van der Waals surface area contributed by atoms with Crippen molar-refractivity contribution in [3.8, 4) is 0 Å². The summed E-state index contributed by atoms with van der Waals surface area (Å²) in [5, 5.41) is 9.94. The number of nitrogens with zero attached hydrogens (tertiary/aromatic N) is 4. The van der Waals surface area contributed by atoms with Gasteiger partial charge in [0.25, 0.3) is 5.56 Å². The fraction of sp³-hybridized carbons (Fsp3) is 0.357. The third kappa shape index (κ3) is 2.00. The van der Waals surface area contributed by atoms with E-state index in [-0.39, 0.29) is 5.56 Å². The van der Waals surface area contributed by atoms with E-state index in [1.807, 2.05) is 28.7 Å². The minimum Gasteiger partial charge on any atom is -0.279 e. The Balaban J connectivity index is 2.27. The summed E-state index contributed by atoms with van der Waals surface area (Å²) in [7, 11) is 1.74. The zero-order valence-electron chi connectivity index (χ0n) is 11.5. The minimum absolute atomic E-state index is 0.0365. The zero-order valence-corrected chi connectivity index (χ0v) is 12.4. The number of hydrogen-bond donors (Lipinski definition) is 0. The van der Waals surface area contributed by atoms with Crippen molar-refractivity contribution in [1.82, 2.24) is 19.2 Å². The van der Waals surface area contributed by atoms with Crippen molar-refractivity contribution in [3.05, 3.63) is 34.6 Å². The molecular formula is C14H16N4OS. The van der Waals surface area contributed by atoms with Gasteiger partial charge in [0.2, 0.25) is 5.78 Å². The van der Waals surface area contributed by atoms with E-state index in [0.717, 1.165) is 29.3 Å². The Labute approximate surface area is 120 Å². The smallest absolute Gasteiger partial charge is 0.262 e. The van der Waals surface area contributed by atoms with Gasteiger partial charge in [-0.25, -0.2) is 0 Å². The topological polar surface area (TPSA) is 52.2 Å². The molecule has 2 heterocycles. The number of hydrogen-bond acceptors (Lipinski definition) is 4. The fourth-order valence-corrected chi connectivity index (χ4v) is 3.24. The predicted octanol–water partition coefficient (Wildman–Crippen LogP) is 2.47. The van der Waals surface area contributed by atoms with Crippen molar-refractivity contribution in [2.75, 3.05) is 5.75 Å². The first-order valence-electron chi connectivity index (χ1n) is 6.69. The molecule has 0 saturated carbocycles. The van der Waals surface area contributed by atoms with Crippen molar-refractivity contribution in [2.24, 2.45) is 7.05 Å². The van der Waals surface area contributed by atoms with E-state index in [1.54, 1.807) is 23.4 Å². The number of unbranched alkanes of at least 4 members (excludes halogenated alkanes) is 1. The van der Waals surface area contributed by atoms with E-state index in [2.05, 4.69) is 17.1 Å². The molecule has 0 fully saturated rings. The molecule has 0 unspecified atom stereocenters. The molecule has 0 N–H and O–H groups in total. The Morgan fingerprint density at radius 3 is 2.85 bits per heavy atom. The molecule has 5 nitrogen and oxygen atoms in total. The second-order valence-corrected chi connectivity index (χ2v) is 5.76. The van der Waals surface area contributed by atoms with E-state index < -0.39 is 0 Å². The molecule has 2 aromatic heterocycles. The van der Waals surface area contributed by atoms with Crippen LogP contribution in [0.25, 0.3) is 16.7 Å². The maximum Gasteiger partial charge on any atom is 0.262 e. The number of aromatic nitrogens is 4. The molecule has 3 aromatic rings. The minimum atomic E-state index is -0.0365. The maximum absolute atomic E-state index is 12.3. The number of para-hydroxylation sites is 1. The van der Waals surface area contributed by atoms with Gasteiger partial charge in [-0.2, -0.15) is 0 Å². The van der Waals surface area contributed by atoms with E-state index >= 15 is 0 Å². The molecule has 0 aliphatic carbocycles. The average Bonchev–Trinajstić information content (AvgIpc) is 2.89. The third-order valence-corrected chi connectivity index (χ3v) is 4.34. The fourth-order valence-electron chi connectivity index (χ4n) is 2.21. The van der Waals surface area contributed by atoms with Crippen molar-refractivity contribution in [3.63, 3.8) is 0 Å². The summed E-state index contributed by atoms with van der Waals surface area (Å²) in [4.78, 5) is 12.3. The summed E-state index contributed by atoms with van der Waals surface area (Å²) >= 11 is 1.68. The van der Waals surface area contributed by atoms with Gasteiger partial charge in [-0.15, -0.1) is 10.2 Å². The molecule has 0 spiro atoms. The van der Waals surface area contributed by atoms with Gasteiger partial charge in [-0.1, -0.05) is 37.2 Å². The van der Waals surface area contributed by atoms with Crippen LogP contribution in [0.3, 0.4) is 0 Å². The highest BCUT2D eigenvalue weighted by Gasteiger charge is 2.14. The van der Waals surface area contributed by atoms with Gasteiger partial charge < -0.3 is 0 Å². The zero-order chi connectivity index (χ0) is 14.1. The summed E-state index contributed by atoms with van der Waals surface area (Å²) in [5.74, 6) is 1.60. The molecule has 0 saturated heterocycles. The first kappa shape index (κ1) is 13.2. The molecule has 0 bridgehead atoms. The summed E-state index contributed by atoms with van der Waals surface area (Å²) in [6.45, 7) is 2.17. The lowest BCUT2D eigenvalue weighted by atomic mass is 10.2. The highest BCUT2D eigenvalue weighted by Crippen LogP contribution is 2.21. The Morgan fingerprint density at radius 2 is 2.05 bits per heavy atom. The van der Waals surface area contributed by atoms with Gasteiger partial charge in [0, 0.05) is 12.8 Å². The number of benzene rings is 1. The summed E-state index contributed by atoms with van der Waals surface area (Å²) < 4.78 is 3.52. The number of thioether (sulfide) groups is 1.